The third kappa shape index (κ3) is 4.88. The highest BCUT2D eigenvalue weighted by molar-refractivity contribution is 9.10. The molecule has 37 heavy (non-hydrogen) atoms. The van der Waals surface area contributed by atoms with Gasteiger partial charge >= 0.3 is 0 Å². The Labute approximate surface area is 228 Å². The molecule has 1 saturated carbocycles. The van der Waals surface area contributed by atoms with Crippen molar-refractivity contribution < 1.29 is 13.5 Å². The Morgan fingerprint density at radius 2 is 1.84 bits per heavy atom. The number of furan rings is 1. The summed E-state index contributed by atoms with van der Waals surface area (Å²) in [5, 5.41) is 4.04. The number of nitrogens with zero attached hydrogens (tertiary/aromatic N) is 2. The first kappa shape index (κ1) is 24.1. The highest BCUT2D eigenvalue weighted by Gasteiger charge is 2.42. The summed E-state index contributed by atoms with van der Waals surface area (Å²) < 4.78 is 26.9. The van der Waals surface area contributed by atoms with Crippen molar-refractivity contribution in [3.05, 3.63) is 101 Å². The summed E-state index contributed by atoms with van der Waals surface area (Å²) in [5.41, 5.74) is 2.57. The Morgan fingerprint density at radius 3 is 2.57 bits per heavy atom. The van der Waals surface area contributed by atoms with Gasteiger partial charge in [-0.05, 0) is 121 Å². The van der Waals surface area contributed by atoms with E-state index < -0.39 is 0 Å². The van der Waals surface area contributed by atoms with Crippen LogP contribution in [0.3, 0.4) is 0 Å². The fourth-order valence-corrected chi connectivity index (χ4v) is 6.04. The molecule has 2 aliphatic rings. The molecule has 2 atom stereocenters. The molecule has 2 aromatic carbocycles. The molecular formula is C29H25BrFN3O2S. The van der Waals surface area contributed by atoms with Gasteiger partial charge in [0.25, 0.3) is 0 Å². The molecule has 0 unspecified atom stereocenters. The molecule has 0 radical (unpaired) electrons. The van der Waals surface area contributed by atoms with Crippen LogP contribution in [0.25, 0.3) is 11.3 Å². The molecule has 5 nitrogen and oxygen atoms in total. The molecule has 3 heterocycles. The number of ether oxygens (including phenoxy) is 1. The van der Waals surface area contributed by atoms with Crippen molar-refractivity contribution in [3.63, 3.8) is 0 Å². The first-order valence-electron chi connectivity index (χ1n) is 12.4. The van der Waals surface area contributed by atoms with Gasteiger partial charge in [0.05, 0.1) is 17.8 Å². The molecule has 4 aromatic rings. The van der Waals surface area contributed by atoms with E-state index in [9.17, 15) is 4.39 Å². The van der Waals surface area contributed by atoms with Gasteiger partial charge in [-0.15, -0.1) is 0 Å². The summed E-state index contributed by atoms with van der Waals surface area (Å²) >= 11 is 9.28. The zero-order valence-electron chi connectivity index (χ0n) is 19.9. The molecule has 1 N–H and O–H groups in total. The molecule has 2 fully saturated rings. The van der Waals surface area contributed by atoms with Gasteiger partial charge in [-0.2, -0.15) is 0 Å². The van der Waals surface area contributed by atoms with Gasteiger partial charge in [0.15, 0.2) is 5.11 Å². The monoisotopic (exact) mass is 577 g/mol. The van der Waals surface area contributed by atoms with E-state index in [1.807, 2.05) is 54.6 Å². The number of aromatic nitrogens is 1. The third-order valence-electron chi connectivity index (χ3n) is 6.93. The van der Waals surface area contributed by atoms with E-state index in [0.717, 1.165) is 41.3 Å². The van der Waals surface area contributed by atoms with Crippen LogP contribution in [-0.4, -0.2) is 16.2 Å². The molecule has 1 aliphatic heterocycles. The number of hydrogen-bond acceptors (Lipinski definition) is 4. The van der Waals surface area contributed by atoms with Gasteiger partial charge in [-0.3, -0.25) is 4.98 Å². The van der Waals surface area contributed by atoms with Crippen molar-refractivity contribution >= 4 is 38.9 Å². The van der Waals surface area contributed by atoms with Crippen LogP contribution in [0.15, 0.2) is 87.9 Å². The normalized spacial score (nSPS) is 19.8. The van der Waals surface area contributed by atoms with Crippen molar-refractivity contribution in [2.24, 2.45) is 0 Å². The smallest absolute Gasteiger partial charge is 0.174 e. The van der Waals surface area contributed by atoms with E-state index in [4.69, 9.17) is 21.4 Å². The summed E-state index contributed by atoms with van der Waals surface area (Å²) in [5.74, 6) is 1.92. The van der Waals surface area contributed by atoms with Crippen LogP contribution < -0.4 is 15.0 Å². The number of hydrogen-bond donors (Lipinski definition) is 1. The van der Waals surface area contributed by atoms with Crippen LogP contribution in [0, 0.1) is 5.82 Å². The molecule has 8 heteroatoms. The van der Waals surface area contributed by atoms with Crippen LogP contribution in [0.1, 0.15) is 49.2 Å². The summed E-state index contributed by atoms with van der Waals surface area (Å²) in [6.07, 6.45) is 6.76. The van der Waals surface area contributed by atoms with Gasteiger partial charge in [0.1, 0.15) is 29.1 Å². The van der Waals surface area contributed by atoms with Gasteiger partial charge in [0, 0.05) is 21.9 Å². The van der Waals surface area contributed by atoms with E-state index in [-0.39, 0.29) is 17.9 Å². The molecule has 0 bridgehead atoms. The lowest BCUT2D eigenvalue weighted by Gasteiger charge is -2.26. The standard InChI is InChI=1S/C29H25BrFN3O2S/c30-23-17-18(31)8-13-22(23)25-14-15-26(36-25)28-27(24-7-3-4-16-32-24)33-29(37)34(28)19-9-11-21(12-10-19)35-20-5-1-2-6-20/h3-4,7-17,20,27-28H,1-2,5-6H2,(H,33,37)/t27-,28+/m1/s1. The van der Waals surface area contributed by atoms with Gasteiger partial charge in [0.2, 0.25) is 0 Å². The minimum Gasteiger partial charge on any atom is -0.490 e. The Kier molecular flexibility index (Phi) is 6.69. The lowest BCUT2D eigenvalue weighted by molar-refractivity contribution is 0.210. The van der Waals surface area contributed by atoms with Crippen molar-refractivity contribution in [3.8, 4) is 17.1 Å². The zero-order chi connectivity index (χ0) is 25.4. The largest absolute Gasteiger partial charge is 0.490 e. The van der Waals surface area contributed by atoms with Gasteiger partial charge < -0.3 is 19.4 Å². The number of anilines is 1. The average Bonchev–Trinajstić information content (AvgIpc) is 3.66. The predicted octanol–water partition coefficient (Wildman–Crippen LogP) is 7.74. The number of thiocarbonyl (C=S) groups is 1. The number of benzene rings is 2. The second-order valence-corrected chi connectivity index (χ2v) is 10.6. The highest BCUT2D eigenvalue weighted by Crippen LogP contribution is 2.44. The fraction of sp³-hybridized carbons (Fsp3) is 0.241. The van der Waals surface area contributed by atoms with Gasteiger partial charge in [-0.1, -0.05) is 6.07 Å². The van der Waals surface area contributed by atoms with Gasteiger partial charge in [-0.25, -0.2) is 4.39 Å². The molecule has 0 amide bonds. The second kappa shape index (κ2) is 10.3. The third-order valence-corrected chi connectivity index (χ3v) is 7.90. The maximum atomic E-state index is 13.7. The molecule has 2 aromatic heterocycles. The van der Waals surface area contributed by atoms with Crippen molar-refractivity contribution in [1.29, 1.82) is 0 Å². The fourth-order valence-electron chi connectivity index (χ4n) is 5.15. The lowest BCUT2D eigenvalue weighted by atomic mass is 10.0. The van der Waals surface area contributed by atoms with Crippen LogP contribution in [0.4, 0.5) is 10.1 Å². The number of pyridine rings is 1. The van der Waals surface area contributed by atoms with E-state index in [0.29, 0.717) is 21.4 Å². The second-order valence-electron chi connectivity index (χ2n) is 9.34. The lowest BCUT2D eigenvalue weighted by Crippen LogP contribution is -2.29. The van der Waals surface area contributed by atoms with Crippen molar-refractivity contribution in [2.45, 2.75) is 43.9 Å². The number of rotatable bonds is 6. The van der Waals surface area contributed by atoms with Crippen LogP contribution in [0.5, 0.6) is 5.75 Å². The molecule has 1 saturated heterocycles. The first-order valence-corrected chi connectivity index (χ1v) is 13.6. The summed E-state index contributed by atoms with van der Waals surface area (Å²) in [6.45, 7) is 0. The Hall–Kier alpha value is -3.23. The maximum Gasteiger partial charge on any atom is 0.174 e. The number of halogens is 2. The zero-order valence-corrected chi connectivity index (χ0v) is 22.3. The molecule has 1 aliphatic carbocycles. The van der Waals surface area contributed by atoms with Crippen LogP contribution in [-0.2, 0) is 0 Å². The summed E-state index contributed by atoms with van der Waals surface area (Å²) in [7, 11) is 0. The molecular weight excluding hydrogens is 553 g/mol. The topological polar surface area (TPSA) is 50.5 Å². The maximum absolute atomic E-state index is 13.7. The van der Waals surface area contributed by atoms with E-state index in [2.05, 4.69) is 31.1 Å². The van der Waals surface area contributed by atoms with E-state index in [1.54, 1.807) is 12.3 Å². The minimum absolute atomic E-state index is 0.223. The quantitative estimate of drug-likeness (QED) is 0.236. The van der Waals surface area contributed by atoms with E-state index in [1.165, 1.54) is 25.0 Å². The Bertz CT molecular complexity index is 1410. The molecule has 188 valence electrons. The summed E-state index contributed by atoms with van der Waals surface area (Å²) in [6, 6.07) is 21.8. The predicted molar refractivity (Wildman–Crippen MR) is 149 cm³/mol. The minimum atomic E-state index is -0.311. The van der Waals surface area contributed by atoms with Crippen molar-refractivity contribution in [1.82, 2.24) is 10.3 Å². The SMILES string of the molecule is Fc1ccc(-c2ccc([C@H]3[C@@H](c4ccccn4)NC(=S)N3c3ccc(OC4CCCC4)cc3)o2)c(Br)c1. The first-order chi connectivity index (χ1) is 18.1. The average molecular weight is 579 g/mol. The van der Waals surface area contributed by atoms with E-state index >= 15 is 0 Å². The Morgan fingerprint density at radius 1 is 1.03 bits per heavy atom. The summed E-state index contributed by atoms with van der Waals surface area (Å²) in [4.78, 5) is 6.67. The molecule has 0 spiro atoms. The van der Waals surface area contributed by atoms with Crippen LogP contribution >= 0.6 is 28.1 Å². The molecule has 6 rings (SSSR count). The Balaban J connectivity index is 1.36. The number of nitrogens with one attached hydrogen (secondary N) is 1. The van der Waals surface area contributed by atoms with Crippen molar-refractivity contribution in [2.75, 3.05) is 4.90 Å². The van der Waals surface area contributed by atoms with Crippen LogP contribution in [0.2, 0.25) is 0 Å². The highest BCUT2D eigenvalue weighted by atomic mass is 79.9.